The Hall–Kier alpha value is -1.94. The van der Waals surface area contributed by atoms with Crippen LogP contribution < -0.4 is 5.32 Å². The first-order chi connectivity index (χ1) is 11.1. The molecule has 4 heteroatoms. The number of hydrogen-bond donors (Lipinski definition) is 1. The van der Waals surface area contributed by atoms with Gasteiger partial charge in [-0.25, -0.2) is 0 Å². The Labute approximate surface area is 140 Å². The predicted molar refractivity (Wildman–Crippen MR) is 93.2 cm³/mol. The highest BCUT2D eigenvalue weighted by Gasteiger charge is 2.35. The van der Waals surface area contributed by atoms with Crippen LogP contribution in [0.2, 0.25) is 0 Å². The van der Waals surface area contributed by atoms with Gasteiger partial charge in [0.2, 0.25) is 0 Å². The number of nitrogens with one attached hydrogen (secondary N) is 1. The average Bonchev–Trinajstić information content (AvgIpc) is 3.24. The van der Waals surface area contributed by atoms with E-state index in [9.17, 15) is 9.59 Å². The highest BCUT2D eigenvalue weighted by molar-refractivity contribution is 7.15. The maximum atomic E-state index is 12.4. The summed E-state index contributed by atoms with van der Waals surface area (Å²) >= 11 is 1.26. The minimum absolute atomic E-state index is 0.00518. The second-order valence-corrected chi connectivity index (χ2v) is 7.34. The van der Waals surface area contributed by atoms with Gasteiger partial charge < -0.3 is 5.32 Å². The van der Waals surface area contributed by atoms with E-state index in [1.807, 2.05) is 6.07 Å². The van der Waals surface area contributed by atoms with Gasteiger partial charge in [0.1, 0.15) is 0 Å². The van der Waals surface area contributed by atoms with Crippen molar-refractivity contribution in [2.45, 2.75) is 38.0 Å². The molecule has 1 N–H and O–H groups in total. The third-order valence-electron chi connectivity index (χ3n) is 4.71. The summed E-state index contributed by atoms with van der Waals surface area (Å²) in [5.41, 5.74) is 1.37. The summed E-state index contributed by atoms with van der Waals surface area (Å²) in [5, 5.41) is 3.09. The average molecular weight is 327 g/mol. The van der Waals surface area contributed by atoms with Crippen molar-refractivity contribution in [3.63, 3.8) is 0 Å². The zero-order chi connectivity index (χ0) is 16.3. The Balaban J connectivity index is 1.72. The standard InChI is InChI=1S/C19H21NO2S/c1-14(21)16-9-10-17(23-16)18(22)20-13-19(11-5-6-12-19)15-7-3-2-4-8-15/h2-4,7-10H,5-6,11-13H2,1H3,(H,20,22). The fourth-order valence-corrected chi connectivity index (χ4v) is 4.21. The van der Waals surface area contributed by atoms with Gasteiger partial charge in [-0.3, -0.25) is 9.59 Å². The van der Waals surface area contributed by atoms with Crippen molar-refractivity contribution in [3.05, 3.63) is 57.8 Å². The fourth-order valence-electron chi connectivity index (χ4n) is 3.40. The lowest BCUT2D eigenvalue weighted by Gasteiger charge is -2.30. The summed E-state index contributed by atoms with van der Waals surface area (Å²) in [4.78, 5) is 25.0. The van der Waals surface area contributed by atoms with Gasteiger partial charge in [0.15, 0.2) is 5.78 Å². The predicted octanol–water partition coefficient (Wildman–Crippen LogP) is 4.19. The van der Waals surface area contributed by atoms with Crippen LogP contribution >= 0.6 is 11.3 Å². The van der Waals surface area contributed by atoms with Crippen LogP contribution in [-0.4, -0.2) is 18.2 Å². The molecule has 1 heterocycles. The number of hydrogen-bond acceptors (Lipinski definition) is 3. The van der Waals surface area contributed by atoms with Crippen LogP contribution in [0.15, 0.2) is 42.5 Å². The Morgan fingerprint density at radius 2 is 1.70 bits per heavy atom. The van der Waals surface area contributed by atoms with Gasteiger partial charge in [-0.15, -0.1) is 11.3 Å². The first kappa shape index (κ1) is 15.9. The molecule has 1 aromatic heterocycles. The van der Waals surface area contributed by atoms with E-state index in [2.05, 4.69) is 29.6 Å². The maximum Gasteiger partial charge on any atom is 0.261 e. The highest BCUT2D eigenvalue weighted by atomic mass is 32.1. The van der Waals surface area contributed by atoms with Gasteiger partial charge in [-0.05, 0) is 37.5 Å². The van der Waals surface area contributed by atoms with Crippen molar-refractivity contribution < 1.29 is 9.59 Å². The quantitative estimate of drug-likeness (QED) is 0.837. The number of amides is 1. The molecule has 3 rings (SSSR count). The van der Waals surface area contributed by atoms with E-state index in [-0.39, 0.29) is 17.1 Å². The van der Waals surface area contributed by atoms with E-state index >= 15 is 0 Å². The molecule has 3 nitrogen and oxygen atoms in total. The number of thiophene rings is 1. The number of rotatable bonds is 5. The van der Waals surface area contributed by atoms with E-state index < -0.39 is 0 Å². The topological polar surface area (TPSA) is 46.2 Å². The fraction of sp³-hybridized carbons (Fsp3) is 0.368. The van der Waals surface area contributed by atoms with Crippen LogP contribution in [0.3, 0.4) is 0 Å². The van der Waals surface area contributed by atoms with Gasteiger partial charge in [0.25, 0.3) is 5.91 Å². The smallest absolute Gasteiger partial charge is 0.261 e. The van der Waals surface area contributed by atoms with E-state index in [1.165, 1.54) is 36.7 Å². The van der Waals surface area contributed by atoms with Crippen LogP contribution in [0.4, 0.5) is 0 Å². The van der Waals surface area contributed by atoms with Gasteiger partial charge >= 0.3 is 0 Å². The molecule has 2 aromatic rings. The molecule has 23 heavy (non-hydrogen) atoms. The summed E-state index contributed by atoms with van der Waals surface area (Å²) < 4.78 is 0. The van der Waals surface area contributed by atoms with Crippen molar-refractivity contribution in [1.82, 2.24) is 5.32 Å². The van der Waals surface area contributed by atoms with E-state index in [0.717, 1.165) is 12.8 Å². The van der Waals surface area contributed by atoms with Crippen molar-refractivity contribution in [3.8, 4) is 0 Å². The number of carbonyl (C=O) groups is 2. The third-order valence-corrected chi connectivity index (χ3v) is 5.90. The van der Waals surface area contributed by atoms with Crippen molar-refractivity contribution in [2.24, 2.45) is 0 Å². The summed E-state index contributed by atoms with van der Waals surface area (Å²) in [7, 11) is 0. The van der Waals surface area contributed by atoms with Gasteiger partial charge in [-0.2, -0.15) is 0 Å². The van der Waals surface area contributed by atoms with Crippen LogP contribution in [0.1, 0.15) is 57.5 Å². The maximum absolute atomic E-state index is 12.4. The lowest BCUT2D eigenvalue weighted by Crippen LogP contribution is -2.38. The van der Waals surface area contributed by atoms with Crippen molar-refractivity contribution in [1.29, 1.82) is 0 Å². The van der Waals surface area contributed by atoms with Crippen LogP contribution in [0.5, 0.6) is 0 Å². The molecule has 0 atom stereocenters. The lowest BCUT2D eigenvalue weighted by atomic mass is 9.79. The van der Waals surface area contributed by atoms with Crippen LogP contribution in [-0.2, 0) is 5.41 Å². The summed E-state index contributed by atoms with van der Waals surface area (Å²) in [6, 6.07) is 13.9. The molecule has 0 aliphatic heterocycles. The molecular weight excluding hydrogens is 306 g/mol. The molecule has 1 aliphatic rings. The third kappa shape index (κ3) is 3.37. The molecular formula is C19H21NO2S. The normalized spacial score (nSPS) is 16.2. The minimum atomic E-state index is -0.0790. The monoisotopic (exact) mass is 327 g/mol. The Morgan fingerprint density at radius 3 is 2.30 bits per heavy atom. The SMILES string of the molecule is CC(=O)c1ccc(C(=O)NCC2(c3ccccc3)CCCC2)s1. The Bertz CT molecular complexity index is 699. The Morgan fingerprint density at radius 1 is 1.04 bits per heavy atom. The van der Waals surface area contributed by atoms with E-state index in [0.29, 0.717) is 16.3 Å². The molecule has 0 radical (unpaired) electrons. The van der Waals surface area contributed by atoms with Gasteiger partial charge in [-0.1, -0.05) is 43.2 Å². The second-order valence-electron chi connectivity index (χ2n) is 6.26. The number of Topliss-reactive ketones (excluding diaryl/α,β-unsaturated/α-hetero) is 1. The molecule has 0 bridgehead atoms. The molecule has 0 saturated heterocycles. The van der Waals surface area contributed by atoms with Crippen LogP contribution in [0, 0.1) is 0 Å². The largest absolute Gasteiger partial charge is 0.350 e. The molecule has 1 amide bonds. The van der Waals surface area contributed by atoms with Crippen molar-refractivity contribution >= 4 is 23.0 Å². The van der Waals surface area contributed by atoms with E-state index in [1.54, 1.807) is 12.1 Å². The first-order valence-corrected chi connectivity index (χ1v) is 8.87. The number of ketones is 1. The first-order valence-electron chi connectivity index (χ1n) is 8.05. The number of carbonyl (C=O) groups excluding carboxylic acids is 2. The van der Waals surface area contributed by atoms with Crippen molar-refractivity contribution in [2.75, 3.05) is 6.54 Å². The second kappa shape index (κ2) is 6.67. The number of benzene rings is 1. The van der Waals surface area contributed by atoms with Gasteiger partial charge in [0.05, 0.1) is 9.75 Å². The minimum Gasteiger partial charge on any atom is -0.350 e. The molecule has 1 fully saturated rings. The zero-order valence-corrected chi connectivity index (χ0v) is 14.1. The molecule has 1 aliphatic carbocycles. The summed E-state index contributed by atoms with van der Waals surface area (Å²) in [5.74, 6) is -0.0738. The molecule has 120 valence electrons. The molecule has 0 unspecified atom stereocenters. The lowest BCUT2D eigenvalue weighted by molar-refractivity contribution is 0.0946. The molecule has 1 saturated carbocycles. The summed E-state index contributed by atoms with van der Waals surface area (Å²) in [6.45, 7) is 2.18. The summed E-state index contributed by atoms with van der Waals surface area (Å²) in [6.07, 6.45) is 4.64. The van der Waals surface area contributed by atoms with E-state index in [4.69, 9.17) is 0 Å². The molecule has 1 aromatic carbocycles. The highest BCUT2D eigenvalue weighted by Crippen LogP contribution is 2.40. The Kier molecular flexibility index (Phi) is 4.62. The van der Waals surface area contributed by atoms with Gasteiger partial charge in [0, 0.05) is 12.0 Å². The zero-order valence-electron chi connectivity index (χ0n) is 13.3. The molecule has 0 spiro atoms. The van der Waals surface area contributed by atoms with Crippen LogP contribution in [0.25, 0.3) is 0 Å².